The number of carbonyl (C=O) groups is 5. The number of Topliss-reactive ketones (excluding diaryl/α,β-unsaturated/α-hetero) is 1. The minimum absolute atomic E-state index is 0.0939. The SMILES string of the molecule is Cc1ccccc1CC(=O)N[C@@H](Cc1ccccc1)C(=O)NC(C)C(=O)C(=O)N[C@H](C=O)Cc1ccccc1. The van der Waals surface area contributed by atoms with Gasteiger partial charge in [-0.05, 0) is 42.5 Å². The van der Waals surface area contributed by atoms with Gasteiger partial charge in [-0.25, -0.2) is 0 Å². The van der Waals surface area contributed by atoms with Crippen molar-refractivity contribution in [2.75, 3.05) is 0 Å². The molecule has 0 aliphatic heterocycles. The van der Waals surface area contributed by atoms with Crippen LogP contribution >= 0.6 is 0 Å². The highest BCUT2D eigenvalue weighted by atomic mass is 16.2. The van der Waals surface area contributed by atoms with Crippen LogP contribution in [0.4, 0.5) is 0 Å². The molecular formula is C31H33N3O5. The second-order valence-electron chi connectivity index (χ2n) is 9.41. The van der Waals surface area contributed by atoms with Gasteiger partial charge in [0, 0.05) is 6.42 Å². The predicted octanol–water partition coefficient (Wildman–Crippen LogP) is 2.27. The van der Waals surface area contributed by atoms with Crippen LogP contribution in [0.3, 0.4) is 0 Å². The Kier molecular flexibility index (Phi) is 10.7. The normalized spacial score (nSPS) is 12.9. The Morgan fingerprint density at radius 1 is 0.744 bits per heavy atom. The van der Waals surface area contributed by atoms with Gasteiger partial charge >= 0.3 is 0 Å². The van der Waals surface area contributed by atoms with Crippen LogP contribution in [0, 0.1) is 6.92 Å². The predicted molar refractivity (Wildman–Crippen MR) is 148 cm³/mol. The highest BCUT2D eigenvalue weighted by molar-refractivity contribution is 6.38. The summed E-state index contributed by atoms with van der Waals surface area (Å²) in [6.07, 6.45) is 1.09. The summed E-state index contributed by atoms with van der Waals surface area (Å²) in [7, 11) is 0. The van der Waals surface area contributed by atoms with Crippen LogP contribution in [-0.4, -0.2) is 47.9 Å². The minimum Gasteiger partial charge on any atom is -0.344 e. The summed E-state index contributed by atoms with van der Waals surface area (Å²) in [6.45, 7) is 3.30. The summed E-state index contributed by atoms with van der Waals surface area (Å²) < 4.78 is 0. The number of aldehydes is 1. The monoisotopic (exact) mass is 527 g/mol. The number of nitrogens with one attached hydrogen (secondary N) is 3. The van der Waals surface area contributed by atoms with E-state index in [-0.39, 0.29) is 25.2 Å². The van der Waals surface area contributed by atoms with E-state index in [2.05, 4.69) is 16.0 Å². The number of amides is 3. The Morgan fingerprint density at radius 3 is 1.90 bits per heavy atom. The molecule has 1 unspecified atom stereocenters. The maximum absolute atomic E-state index is 13.2. The number of hydrogen-bond acceptors (Lipinski definition) is 5. The highest BCUT2D eigenvalue weighted by Gasteiger charge is 2.28. The molecule has 3 aromatic carbocycles. The van der Waals surface area contributed by atoms with E-state index in [9.17, 15) is 24.0 Å². The lowest BCUT2D eigenvalue weighted by Gasteiger charge is -2.21. The lowest BCUT2D eigenvalue weighted by atomic mass is 10.0. The summed E-state index contributed by atoms with van der Waals surface area (Å²) >= 11 is 0. The Balaban J connectivity index is 1.64. The highest BCUT2D eigenvalue weighted by Crippen LogP contribution is 2.09. The first-order chi connectivity index (χ1) is 18.8. The Hall–Kier alpha value is -4.59. The topological polar surface area (TPSA) is 121 Å². The zero-order chi connectivity index (χ0) is 28.2. The molecule has 0 aliphatic carbocycles. The molecule has 0 fully saturated rings. The molecule has 3 amide bonds. The smallest absolute Gasteiger partial charge is 0.290 e. The van der Waals surface area contributed by atoms with Crippen molar-refractivity contribution in [1.82, 2.24) is 16.0 Å². The van der Waals surface area contributed by atoms with Gasteiger partial charge in [-0.1, -0.05) is 84.9 Å². The van der Waals surface area contributed by atoms with Crippen LogP contribution in [-0.2, 0) is 43.2 Å². The van der Waals surface area contributed by atoms with Crippen molar-refractivity contribution in [2.24, 2.45) is 0 Å². The molecule has 8 heteroatoms. The third-order valence-electron chi connectivity index (χ3n) is 6.30. The fraction of sp³-hybridized carbons (Fsp3) is 0.258. The molecule has 3 aromatic rings. The lowest BCUT2D eigenvalue weighted by molar-refractivity contribution is -0.140. The second kappa shape index (κ2) is 14.4. The summed E-state index contributed by atoms with van der Waals surface area (Å²) in [5, 5.41) is 7.75. The first kappa shape index (κ1) is 29.0. The van der Waals surface area contributed by atoms with Crippen molar-refractivity contribution in [3.05, 3.63) is 107 Å². The van der Waals surface area contributed by atoms with E-state index < -0.39 is 35.7 Å². The molecule has 0 saturated carbocycles. The quantitative estimate of drug-likeness (QED) is 0.233. The van der Waals surface area contributed by atoms with Crippen LogP contribution < -0.4 is 16.0 Å². The van der Waals surface area contributed by atoms with Gasteiger partial charge in [0.1, 0.15) is 12.3 Å². The first-order valence-electron chi connectivity index (χ1n) is 12.8. The summed E-state index contributed by atoms with van der Waals surface area (Å²) in [4.78, 5) is 62.8. The molecular weight excluding hydrogens is 494 g/mol. The number of carbonyl (C=O) groups excluding carboxylic acids is 5. The molecule has 3 rings (SSSR count). The van der Waals surface area contributed by atoms with Gasteiger partial charge in [0.25, 0.3) is 5.91 Å². The molecule has 0 spiro atoms. The minimum atomic E-state index is -1.17. The fourth-order valence-corrected chi connectivity index (χ4v) is 4.10. The van der Waals surface area contributed by atoms with Crippen LogP contribution in [0.1, 0.15) is 29.2 Å². The van der Waals surface area contributed by atoms with Crippen molar-refractivity contribution in [2.45, 2.75) is 51.2 Å². The molecule has 0 aliphatic rings. The largest absolute Gasteiger partial charge is 0.344 e. The Labute approximate surface area is 228 Å². The third kappa shape index (κ3) is 9.03. The van der Waals surface area contributed by atoms with Crippen molar-refractivity contribution >= 4 is 29.8 Å². The molecule has 202 valence electrons. The van der Waals surface area contributed by atoms with Crippen molar-refractivity contribution < 1.29 is 24.0 Å². The van der Waals surface area contributed by atoms with E-state index in [1.165, 1.54) is 6.92 Å². The van der Waals surface area contributed by atoms with E-state index in [4.69, 9.17) is 0 Å². The van der Waals surface area contributed by atoms with E-state index in [1.807, 2.05) is 91.9 Å². The van der Waals surface area contributed by atoms with Crippen LogP contribution in [0.5, 0.6) is 0 Å². The number of ketones is 1. The van der Waals surface area contributed by atoms with Gasteiger partial charge in [-0.3, -0.25) is 19.2 Å². The van der Waals surface area contributed by atoms with E-state index >= 15 is 0 Å². The molecule has 0 bridgehead atoms. The van der Waals surface area contributed by atoms with Gasteiger partial charge in [-0.2, -0.15) is 0 Å². The number of benzene rings is 3. The van der Waals surface area contributed by atoms with Crippen molar-refractivity contribution in [3.8, 4) is 0 Å². The van der Waals surface area contributed by atoms with Gasteiger partial charge in [0.15, 0.2) is 0 Å². The van der Waals surface area contributed by atoms with Crippen molar-refractivity contribution in [1.29, 1.82) is 0 Å². The standard InChI is InChI=1S/C31H33N3O5/c1-21-11-9-10-16-25(21)19-28(36)34-27(18-24-14-7-4-8-15-24)30(38)32-22(2)29(37)31(39)33-26(20-35)17-23-12-5-3-6-13-23/h3-16,20,22,26-27H,17-19H2,1-2H3,(H,32,38)(H,33,39)(H,34,36)/t22?,26-,27-/m0/s1. The maximum Gasteiger partial charge on any atom is 0.290 e. The molecule has 3 atom stereocenters. The average Bonchev–Trinajstić information content (AvgIpc) is 2.94. The van der Waals surface area contributed by atoms with Gasteiger partial charge in [0.2, 0.25) is 17.6 Å². The molecule has 3 N–H and O–H groups in total. The summed E-state index contributed by atoms with van der Waals surface area (Å²) in [5.74, 6) is -2.80. The van der Waals surface area contributed by atoms with Crippen LogP contribution in [0.15, 0.2) is 84.9 Å². The Bertz CT molecular complexity index is 1290. The first-order valence-corrected chi connectivity index (χ1v) is 12.8. The van der Waals surface area contributed by atoms with E-state index in [0.717, 1.165) is 22.3 Å². The lowest BCUT2D eigenvalue weighted by Crippen LogP contribution is -2.54. The van der Waals surface area contributed by atoms with Crippen LogP contribution in [0.2, 0.25) is 0 Å². The zero-order valence-electron chi connectivity index (χ0n) is 22.1. The molecule has 0 heterocycles. The number of aryl methyl sites for hydroxylation is 1. The Morgan fingerprint density at radius 2 is 1.31 bits per heavy atom. The van der Waals surface area contributed by atoms with Gasteiger partial charge in [0.05, 0.1) is 18.5 Å². The van der Waals surface area contributed by atoms with Gasteiger partial charge < -0.3 is 20.7 Å². The average molecular weight is 528 g/mol. The number of rotatable bonds is 13. The second-order valence-corrected chi connectivity index (χ2v) is 9.41. The zero-order valence-corrected chi connectivity index (χ0v) is 22.1. The summed E-state index contributed by atoms with van der Waals surface area (Å²) in [6, 6.07) is 22.7. The fourth-order valence-electron chi connectivity index (χ4n) is 4.10. The molecule has 39 heavy (non-hydrogen) atoms. The van der Waals surface area contributed by atoms with Gasteiger partial charge in [-0.15, -0.1) is 0 Å². The molecule has 0 radical (unpaired) electrons. The number of hydrogen-bond donors (Lipinski definition) is 3. The third-order valence-corrected chi connectivity index (χ3v) is 6.30. The van der Waals surface area contributed by atoms with Crippen molar-refractivity contribution in [3.63, 3.8) is 0 Å². The van der Waals surface area contributed by atoms with E-state index in [1.54, 1.807) is 0 Å². The van der Waals surface area contributed by atoms with Crippen LogP contribution in [0.25, 0.3) is 0 Å². The molecule has 8 nitrogen and oxygen atoms in total. The maximum atomic E-state index is 13.2. The molecule has 0 saturated heterocycles. The molecule has 0 aromatic heterocycles. The summed E-state index contributed by atoms with van der Waals surface area (Å²) in [5.41, 5.74) is 3.45. The van der Waals surface area contributed by atoms with E-state index in [0.29, 0.717) is 6.29 Å².